The SMILES string of the molecule is CC(C)(C)c1nc(C(=O)NC2C3CCCC2CC(N)C3)cs1.Cl.Cl. The van der Waals surface area contributed by atoms with Crippen molar-refractivity contribution in [2.75, 3.05) is 0 Å². The van der Waals surface area contributed by atoms with E-state index in [1.807, 2.05) is 5.38 Å². The molecule has 1 heterocycles. The lowest BCUT2D eigenvalue weighted by Gasteiger charge is -2.45. The molecule has 2 saturated carbocycles. The highest BCUT2D eigenvalue weighted by Crippen LogP contribution is 2.39. The smallest absolute Gasteiger partial charge is 0.270 e. The van der Waals surface area contributed by atoms with Crippen LogP contribution in [0.25, 0.3) is 0 Å². The molecular formula is C17H29Cl2N3OS. The summed E-state index contributed by atoms with van der Waals surface area (Å²) in [6, 6.07) is 0.607. The highest BCUT2D eigenvalue weighted by Gasteiger charge is 2.40. The van der Waals surface area contributed by atoms with Crippen LogP contribution in [0.5, 0.6) is 0 Å². The number of carbonyl (C=O) groups excluding carboxylic acids is 1. The predicted molar refractivity (Wildman–Crippen MR) is 105 cm³/mol. The van der Waals surface area contributed by atoms with Crippen molar-refractivity contribution in [3.05, 3.63) is 16.1 Å². The Morgan fingerprint density at radius 2 is 1.83 bits per heavy atom. The maximum atomic E-state index is 12.6. The summed E-state index contributed by atoms with van der Waals surface area (Å²) in [7, 11) is 0. The van der Waals surface area contributed by atoms with Gasteiger partial charge in [-0.05, 0) is 37.5 Å². The molecule has 0 saturated heterocycles. The van der Waals surface area contributed by atoms with Crippen LogP contribution in [0.2, 0.25) is 0 Å². The van der Waals surface area contributed by atoms with Gasteiger partial charge >= 0.3 is 0 Å². The Morgan fingerprint density at radius 3 is 2.33 bits per heavy atom. The quantitative estimate of drug-likeness (QED) is 0.799. The van der Waals surface area contributed by atoms with Gasteiger partial charge in [-0.25, -0.2) is 4.98 Å². The average Bonchev–Trinajstić information content (AvgIpc) is 2.89. The molecule has 2 aliphatic rings. The van der Waals surface area contributed by atoms with Crippen LogP contribution in [0, 0.1) is 11.8 Å². The highest BCUT2D eigenvalue weighted by atomic mass is 35.5. The van der Waals surface area contributed by atoms with Crippen molar-refractivity contribution in [1.29, 1.82) is 0 Å². The molecule has 0 spiro atoms. The number of aromatic nitrogens is 1. The molecule has 2 unspecified atom stereocenters. The van der Waals surface area contributed by atoms with Gasteiger partial charge in [-0.15, -0.1) is 36.2 Å². The number of nitrogens with zero attached hydrogens (tertiary/aromatic N) is 1. The number of fused-ring (bicyclic) bond motifs is 2. The van der Waals surface area contributed by atoms with Gasteiger partial charge in [0.15, 0.2) is 0 Å². The van der Waals surface area contributed by atoms with Gasteiger partial charge in [-0.1, -0.05) is 27.2 Å². The van der Waals surface area contributed by atoms with Crippen molar-refractivity contribution in [1.82, 2.24) is 10.3 Å². The minimum absolute atomic E-state index is 0. The summed E-state index contributed by atoms with van der Waals surface area (Å²) in [4.78, 5) is 17.1. The van der Waals surface area contributed by atoms with Gasteiger partial charge in [0.2, 0.25) is 0 Å². The molecule has 3 rings (SSSR count). The van der Waals surface area contributed by atoms with E-state index in [0.29, 0.717) is 29.6 Å². The summed E-state index contributed by atoms with van der Waals surface area (Å²) in [5.41, 5.74) is 6.73. The molecule has 1 amide bonds. The Bertz CT molecular complexity index is 544. The normalized spacial score (nSPS) is 29.2. The van der Waals surface area contributed by atoms with E-state index >= 15 is 0 Å². The highest BCUT2D eigenvalue weighted by molar-refractivity contribution is 7.10. The lowest BCUT2D eigenvalue weighted by molar-refractivity contribution is 0.0752. The molecule has 138 valence electrons. The van der Waals surface area contributed by atoms with E-state index < -0.39 is 0 Å². The third-order valence-corrected chi connectivity index (χ3v) is 6.32. The molecule has 2 atom stereocenters. The van der Waals surface area contributed by atoms with Crippen molar-refractivity contribution in [3.8, 4) is 0 Å². The van der Waals surface area contributed by atoms with E-state index in [-0.39, 0.29) is 36.1 Å². The maximum absolute atomic E-state index is 12.6. The van der Waals surface area contributed by atoms with Crippen molar-refractivity contribution in [2.45, 2.75) is 70.4 Å². The zero-order valence-electron chi connectivity index (χ0n) is 14.6. The first-order valence-corrected chi connectivity index (χ1v) is 9.25. The van der Waals surface area contributed by atoms with Gasteiger partial charge in [0.05, 0.1) is 5.01 Å². The van der Waals surface area contributed by atoms with Gasteiger partial charge in [0.1, 0.15) is 5.69 Å². The summed E-state index contributed by atoms with van der Waals surface area (Å²) < 4.78 is 0. The van der Waals surface area contributed by atoms with Gasteiger partial charge in [-0.3, -0.25) is 4.79 Å². The number of halogens is 2. The van der Waals surface area contributed by atoms with E-state index in [9.17, 15) is 4.79 Å². The standard InChI is InChI=1S/C17H27N3OS.2ClH/c1-17(2,3)16-19-13(9-22-16)15(21)20-14-10-5-4-6-11(14)8-12(18)7-10;;/h9-12,14H,4-8,18H2,1-3H3,(H,20,21);2*1H. The van der Waals surface area contributed by atoms with Crippen LogP contribution in [0.1, 0.15) is 68.4 Å². The fourth-order valence-corrected chi connectivity index (χ4v) is 4.86. The monoisotopic (exact) mass is 393 g/mol. The molecule has 0 radical (unpaired) electrons. The molecule has 2 aliphatic carbocycles. The summed E-state index contributed by atoms with van der Waals surface area (Å²) in [5, 5.41) is 6.18. The van der Waals surface area contributed by atoms with Gasteiger partial charge in [0, 0.05) is 22.9 Å². The Labute approximate surface area is 161 Å². The number of hydrogen-bond donors (Lipinski definition) is 2. The minimum Gasteiger partial charge on any atom is -0.347 e. The fourth-order valence-electron chi connectivity index (χ4n) is 3.97. The molecule has 1 aromatic rings. The van der Waals surface area contributed by atoms with Crippen LogP contribution < -0.4 is 11.1 Å². The lowest BCUT2D eigenvalue weighted by Crippen LogP contribution is -2.53. The third kappa shape index (κ3) is 4.63. The second-order valence-electron chi connectivity index (χ2n) is 7.97. The molecule has 3 N–H and O–H groups in total. The van der Waals surface area contributed by atoms with Gasteiger partial charge < -0.3 is 11.1 Å². The first-order valence-electron chi connectivity index (χ1n) is 8.37. The number of rotatable bonds is 2. The van der Waals surface area contributed by atoms with Crippen molar-refractivity contribution in [2.24, 2.45) is 17.6 Å². The Balaban J connectivity index is 0.00000144. The molecule has 2 fully saturated rings. The largest absolute Gasteiger partial charge is 0.347 e. The fraction of sp³-hybridized carbons (Fsp3) is 0.765. The average molecular weight is 394 g/mol. The Hall–Kier alpha value is -0.360. The summed E-state index contributed by atoms with van der Waals surface area (Å²) in [6.45, 7) is 6.38. The number of carbonyl (C=O) groups is 1. The second-order valence-corrected chi connectivity index (χ2v) is 8.83. The zero-order valence-corrected chi connectivity index (χ0v) is 17.0. The predicted octanol–water partition coefficient (Wildman–Crippen LogP) is 3.92. The lowest BCUT2D eigenvalue weighted by atomic mass is 9.67. The number of amides is 1. The van der Waals surface area contributed by atoms with Crippen LogP contribution >= 0.6 is 36.2 Å². The maximum Gasteiger partial charge on any atom is 0.270 e. The summed E-state index contributed by atoms with van der Waals surface area (Å²) in [5.74, 6) is 1.09. The Morgan fingerprint density at radius 1 is 1.25 bits per heavy atom. The molecule has 7 heteroatoms. The molecule has 1 aromatic heterocycles. The van der Waals surface area contributed by atoms with Crippen LogP contribution in [-0.4, -0.2) is 23.0 Å². The van der Waals surface area contributed by atoms with Crippen molar-refractivity contribution >= 4 is 42.1 Å². The molecule has 0 aliphatic heterocycles. The minimum atomic E-state index is -0.0101. The number of nitrogens with two attached hydrogens (primary N) is 1. The van der Waals surface area contributed by atoms with Crippen molar-refractivity contribution < 1.29 is 4.79 Å². The molecule has 24 heavy (non-hydrogen) atoms. The van der Waals surface area contributed by atoms with Crippen LogP contribution in [0.3, 0.4) is 0 Å². The summed E-state index contributed by atoms with van der Waals surface area (Å²) in [6.07, 6.45) is 5.76. The van der Waals surface area contributed by atoms with Gasteiger partial charge in [0.25, 0.3) is 5.91 Å². The van der Waals surface area contributed by atoms with Crippen LogP contribution in [0.15, 0.2) is 5.38 Å². The molecular weight excluding hydrogens is 365 g/mol. The Kier molecular flexibility index (Phi) is 7.54. The topological polar surface area (TPSA) is 68.0 Å². The van der Waals surface area contributed by atoms with Crippen LogP contribution in [-0.2, 0) is 5.41 Å². The van der Waals surface area contributed by atoms with E-state index in [0.717, 1.165) is 17.8 Å². The zero-order chi connectivity index (χ0) is 15.9. The number of hydrogen-bond acceptors (Lipinski definition) is 4. The molecule has 4 nitrogen and oxygen atoms in total. The van der Waals surface area contributed by atoms with Gasteiger partial charge in [-0.2, -0.15) is 0 Å². The first kappa shape index (κ1) is 21.7. The van der Waals surface area contributed by atoms with E-state index in [1.165, 1.54) is 19.3 Å². The van der Waals surface area contributed by atoms with E-state index in [1.54, 1.807) is 11.3 Å². The van der Waals surface area contributed by atoms with E-state index in [2.05, 4.69) is 31.1 Å². The third-order valence-electron chi connectivity index (χ3n) is 5.05. The molecule has 0 aromatic carbocycles. The number of nitrogens with one attached hydrogen (secondary N) is 1. The first-order chi connectivity index (χ1) is 10.3. The van der Waals surface area contributed by atoms with Crippen molar-refractivity contribution in [3.63, 3.8) is 0 Å². The van der Waals surface area contributed by atoms with Crippen LogP contribution in [0.4, 0.5) is 0 Å². The second kappa shape index (κ2) is 8.35. The number of thiazole rings is 1. The van der Waals surface area contributed by atoms with E-state index in [4.69, 9.17) is 5.73 Å². The molecule has 2 bridgehead atoms. The summed E-state index contributed by atoms with van der Waals surface area (Å²) >= 11 is 1.58.